The van der Waals surface area contributed by atoms with Gasteiger partial charge in [-0.05, 0) is 73.1 Å². The second-order valence-electron chi connectivity index (χ2n) is 9.89. The van der Waals surface area contributed by atoms with E-state index in [2.05, 4.69) is 39.9 Å². The third kappa shape index (κ3) is 4.61. The molecule has 3 N–H and O–H groups in total. The monoisotopic (exact) mass is 483 g/mol. The van der Waals surface area contributed by atoms with Gasteiger partial charge in [0, 0.05) is 46.9 Å². The first-order valence-corrected chi connectivity index (χ1v) is 12.8. The predicted octanol–water partition coefficient (Wildman–Crippen LogP) is 4.73. The zero-order chi connectivity index (χ0) is 24.5. The fraction of sp³-hybridized carbons (Fsp3) is 0.300. The first kappa shape index (κ1) is 22.8. The first-order chi connectivity index (χ1) is 17.6. The lowest BCUT2D eigenvalue weighted by molar-refractivity contribution is 0.0942. The second kappa shape index (κ2) is 9.78. The SMILES string of the molecule is O=C1NCCc2ccc3c(c21)CC(NC(CCc1c[nH]c2ccc(F)cc12)Cc1ccccc1)CO3. The minimum atomic E-state index is -0.215. The van der Waals surface area contributed by atoms with Crippen molar-refractivity contribution in [1.29, 1.82) is 0 Å². The predicted molar refractivity (Wildman–Crippen MR) is 139 cm³/mol. The number of aryl methyl sites for hydroxylation is 1. The number of H-pyrrole nitrogens is 1. The van der Waals surface area contributed by atoms with Crippen LogP contribution in [0.4, 0.5) is 4.39 Å². The summed E-state index contributed by atoms with van der Waals surface area (Å²) in [6.45, 7) is 1.25. The molecule has 3 aromatic carbocycles. The first-order valence-electron chi connectivity index (χ1n) is 12.8. The normalized spacial score (nSPS) is 17.7. The number of carbonyl (C=O) groups excluding carboxylic acids is 1. The van der Waals surface area contributed by atoms with Crippen LogP contribution in [0.2, 0.25) is 0 Å². The highest BCUT2D eigenvalue weighted by Gasteiger charge is 2.29. The number of halogens is 1. The van der Waals surface area contributed by atoms with Crippen LogP contribution in [0, 0.1) is 5.82 Å². The van der Waals surface area contributed by atoms with Gasteiger partial charge in [-0.25, -0.2) is 4.39 Å². The summed E-state index contributed by atoms with van der Waals surface area (Å²) in [6.07, 6.45) is 6.22. The van der Waals surface area contributed by atoms with Crippen LogP contribution in [0.25, 0.3) is 10.9 Å². The molecule has 3 heterocycles. The standard InChI is InChI=1S/C30H30FN3O2/c31-22-8-10-27-25(15-22)21(17-33-27)6-9-23(14-19-4-2-1-3-5-19)34-24-16-26-28(36-18-24)11-7-20-12-13-32-30(35)29(20)26/h1-5,7-8,10-11,15,17,23-24,33-34H,6,9,12-14,16,18H2,(H,32,35). The third-order valence-corrected chi connectivity index (χ3v) is 7.44. The Morgan fingerprint density at radius 2 is 2.00 bits per heavy atom. The second-order valence-corrected chi connectivity index (χ2v) is 9.89. The Kier molecular flexibility index (Phi) is 6.20. The van der Waals surface area contributed by atoms with Gasteiger partial charge in [-0.3, -0.25) is 4.79 Å². The molecule has 4 aromatic rings. The van der Waals surface area contributed by atoms with Crippen molar-refractivity contribution in [3.05, 3.63) is 100 Å². The van der Waals surface area contributed by atoms with Crippen LogP contribution >= 0.6 is 0 Å². The molecule has 184 valence electrons. The molecule has 0 saturated carbocycles. The topological polar surface area (TPSA) is 66.2 Å². The Labute approximate surface area is 210 Å². The van der Waals surface area contributed by atoms with Gasteiger partial charge in [0.1, 0.15) is 18.2 Å². The van der Waals surface area contributed by atoms with Crippen LogP contribution in [-0.2, 0) is 25.7 Å². The largest absolute Gasteiger partial charge is 0.492 e. The highest BCUT2D eigenvalue weighted by molar-refractivity contribution is 5.99. The number of amides is 1. The Bertz CT molecular complexity index is 1400. The number of fused-ring (bicyclic) bond motifs is 4. The van der Waals surface area contributed by atoms with E-state index in [-0.39, 0.29) is 23.8 Å². The lowest BCUT2D eigenvalue weighted by Gasteiger charge is -2.32. The number of aromatic nitrogens is 1. The van der Waals surface area contributed by atoms with Crippen LogP contribution in [0.5, 0.6) is 5.75 Å². The molecule has 2 aliphatic heterocycles. The maximum Gasteiger partial charge on any atom is 0.251 e. The summed E-state index contributed by atoms with van der Waals surface area (Å²) in [5.41, 5.74) is 6.27. The van der Waals surface area contributed by atoms with E-state index in [1.54, 1.807) is 12.1 Å². The van der Waals surface area contributed by atoms with E-state index in [9.17, 15) is 9.18 Å². The Morgan fingerprint density at radius 1 is 1.11 bits per heavy atom. The molecular formula is C30H30FN3O2. The highest BCUT2D eigenvalue weighted by atomic mass is 19.1. The van der Waals surface area contributed by atoms with Crippen LogP contribution in [0.1, 0.15) is 39.0 Å². The molecular weight excluding hydrogens is 453 g/mol. The van der Waals surface area contributed by atoms with Crippen LogP contribution in [0.15, 0.2) is 66.9 Å². The molecule has 0 bridgehead atoms. The molecule has 6 heteroatoms. The van der Waals surface area contributed by atoms with Crippen molar-refractivity contribution in [2.75, 3.05) is 13.2 Å². The molecule has 0 radical (unpaired) electrons. The van der Waals surface area contributed by atoms with Gasteiger partial charge in [-0.1, -0.05) is 36.4 Å². The summed E-state index contributed by atoms with van der Waals surface area (Å²) in [4.78, 5) is 15.9. The lowest BCUT2D eigenvalue weighted by atomic mass is 9.89. The maximum absolute atomic E-state index is 13.9. The van der Waals surface area contributed by atoms with Gasteiger partial charge in [-0.2, -0.15) is 0 Å². The number of rotatable bonds is 7. The molecule has 2 aliphatic rings. The van der Waals surface area contributed by atoms with Gasteiger partial charge in [0.05, 0.1) is 0 Å². The van der Waals surface area contributed by atoms with E-state index in [1.165, 1.54) is 11.6 Å². The van der Waals surface area contributed by atoms with E-state index < -0.39 is 0 Å². The van der Waals surface area contributed by atoms with Gasteiger partial charge in [0.15, 0.2) is 0 Å². The Balaban J connectivity index is 1.22. The number of benzene rings is 3. The lowest BCUT2D eigenvalue weighted by Crippen LogP contribution is -2.47. The van der Waals surface area contributed by atoms with Crippen LogP contribution in [0.3, 0.4) is 0 Å². The summed E-state index contributed by atoms with van der Waals surface area (Å²) >= 11 is 0. The van der Waals surface area contributed by atoms with Crippen molar-refractivity contribution >= 4 is 16.8 Å². The van der Waals surface area contributed by atoms with E-state index in [1.807, 2.05) is 24.4 Å². The molecule has 0 aliphatic carbocycles. The number of aromatic amines is 1. The number of ether oxygens (including phenoxy) is 1. The van der Waals surface area contributed by atoms with Crippen molar-refractivity contribution in [3.8, 4) is 5.75 Å². The smallest absolute Gasteiger partial charge is 0.251 e. The Hall–Kier alpha value is -3.64. The summed E-state index contributed by atoms with van der Waals surface area (Å²) in [7, 11) is 0. The molecule has 36 heavy (non-hydrogen) atoms. The van der Waals surface area contributed by atoms with E-state index in [0.717, 1.165) is 71.0 Å². The summed E-state index contributed by atoms with van der Waals surface area (Å²) in [5, 5.41) is 7.78. The number of nitrogens with one attached hydrogen (secondary N) is 3. The maximum atomic E-state index is 13.9. The van der Waals surface area contributed by atoms with E-state index in [4.69, 9.17) is 4.74 Å². The van der Waals surface area contributed by atoms with E-state index >= 15 is 0 Å². The molecule has 1 aromatic heterocycles. The zero-order valence-corrected chi connectivity index (χ0v) is 20.1. The van der Waals surface area contributed by atoms with Crippen LogP contribution in [-0.4, -0.2) is 36.1 Å². The molecule has 2 atom stereocenters. The number of carbonyl (C=O) groups is 1. The van der Waals surface area contributed by atoms with E-state index in [0.29, 0.717) is 13.2 Å². The summed E-state index contributed by atoms with van der Waals surface area (Å²) < 4.78 is 20.0. The quantitative estimate of drug-likeness (QED) is 0.356. The van der Waals surface area contributed by atoms with Gasteiger partial charge in [0.25, 0.3) is 5.91 Å². The molecule has 0 fully saturated rings. The number of hydrogen-bond donors (Lipinski definition) is 3. The molecule has 0 saturated heterocycles. The van der Waals surface area contributed by atoms with Crippen molar-refractivity contribution in [1.82, 2.24) is 15.6 Å². The van der Waals surface area contributed by atoms with Gasteiger partial charge in [0.2, 0.25) is 0 Å². The molecule has 2 unspecified atom stereocenters. The molecule has 1 amide bonds. The molecule has 0 spiro atoms. The average Bonchev–Trinajstić information content (AvgIpc) is 3.29. The van der Waals surface area contributed by atoms with Crippen molar-refractivity contribution in [2.24, 2.45) is 0 Å². The summed E-state index contributed by atoms with van der Waals surface area (Å²) in [6, 6.07) is 19.7. The fourth-order valence-corrected chi connectivity index (χ4v) is 5.67. The van der Waals surface area contributed by atoms with Crippen LogP contribution < -0.4 is 15.4 Å². The molecule has 5 nitrogen and oxygen atoms in total. The minimum absolute atomic E-state index is 0.00440. The van der Waals surface area contributed by atoms with Crippen molar-refractivity contribution in [3.63, 3.8) is 0 Å². The average molecular weight is 484 g/mol. The van der Waals surface area contributed by atoms with Gasteiger partial charge in [-0.15, -0.1) is 0 Å². The number of hydrogen-bond acceptors (Lipinski definition) is 3. The van der Waals surface area contributed by atoms with Gasteiger partial charge >= 0.3 is 0 Å². The van der Waals surface area contributed by atoms with Crippen molar-refractivity contribution < 1.29 is 13.9 Å². The van der Waals surface area contributed by atoms with Gasteiger partial charge < -0.3 is 20.4 Å². The van der Waals surface area contributed by atoms with Crippen molar-refractivity contribution in [2.45, 2.75) is 44.2 Å². The highest BCUT2D eigenvalue weighted by Crippen LogP contribution is 2.32. The fourth-order valence-electron chi connectivity index (χ4n) is 5.67. The third-order valence-electron chi connectivity index (χ3n) is 7.44. The summed E-state index contributed by atoms with van der Waals surface area (Å²) in [5.74, 6) is 0.613. The minimum Gasteiger partial charge on any atom is -0.492 e. The Morgan fingerprint density at radius 3 is 2.89 bits per heavy atom. The molecule has 6 rings (SSSR count). The zero-order valence-electron chi connectivity index (χ0n) is 20.1.